The van der Waals surface area contributed by atoms with E-state index in [2.05, 4.69) is 17.2 Å². The van der Waals surface area contributed by atoms with Gasteiger partial charge in [0.05, 0.1) is 0 Å². The van der Waals surface area contributed by atoms with Crippen LogP contribution in [0.5, 0.6) is 0 Å². The largest absolute Gasteiger partial charge is 0.381 e. The van der Waals surface area contributed by atoms with Crippen LogP contribution in [0, 0.1) is 0 Å². The topological polar surface area (TPSA) is 86.3 Å². The van der Waals surface area contributed by atoms with Crippen molar-refractivity contribution in [3.63, 3.8) is 0 Å². The van der Waals surface area contributed by atoms with Gasteiger partial charge in [0.15, 0.2) is 5.82 Å². The van der Waals surface area contributed by atoms with Crippen molar-refractivity contribution in [3.05, 3.63) is 29.7 Å². The Hall–Kier alpha value is -2.22. The molecule has 4 heterocycles. The molecule has 0 bridgehead atoms. The summed E-state index contributed by atoms with van der Waals surface area (Å²) in [6, 6.07) is 1.79. The average Bonchev–Trinajstić information content (AvgIpc) is 3.38. The Kier molecular flexibility index (Phi) is 4.99. The Morgan fingerprint density at radius 3 is 2.93 bits per heavy atom. The summed E-state index contributed by atoms with van der Waals surface area (Å²) in [7, 11) is 0. The summed E-state index contributed by atoms with van der Waals surface area (Å²) in [5.74, 6) is 1.67. The van der Waals surface area contributed by atoms with Crippen LogP contribution < -0.4 is 0 Å². The van der Waals surface area contributed by atoms with E-state index >= 15 is 0 Å². The van der Waals surface area contributed by atoms with Gasteiger partial charge < -0.3 is 14.2 Å². The lowest BCUT2D eigenvalue weighted by Crippen LogP contribution is -2.47. The van der Waals surface area contributed by atoms with Gasteiger partial charge in [0, 0.05) is 50.4 Å². The van der Waals surface area contributed by atoms with Crippen LogP contribution in [-0.4, -0.2) is 57.0 Å². The Morgan fingerprint density at radius 1 is 1.37 bits per heavy atom. The molecule has 8 heteroatoms. The molecule has 27 heavy (non-hydrogen) atoms. The molecule has 146 valence electrons. The number of hydrogen-bond acceptors (Lipinski definition) is 6. The Morgan fingerprint density at radius 2 is 2.19 bits per heavy atom. The standard InChI is InChI=1S/C19H27N5O3/c1-3-24-10-5-15(21-24)17(25)23-9-4-8-19(2,13-23)18-20-16(27-22-18)14-6-11-26-12-7-14/h5,10,14H,3-4,6-9,11-13H2,1-2H3/t19-/m0/s1. The van der Waals surface area contributed by atoms with E-state index in [0.29, 0.717) is 24.0 Å². The van der Waals surface area contributed by atoms with E-state index in [4.69, 9.17) is 14.2 Å². The van der Waals surface area contributed by atoms with Gasteiger partial charge in [-0.15, -0.1) is 0 Å². The molecule has 2 fully saturated rings. The molecule has 0 aliphatic carbocycles. The summed E-state index contributed by atoms with van der Waals surface area (Å²) in [5, 5.41) is 8.64. The normalized spacial score (nSPS) is 24.3. The number of aryl methyl sites for hydroxylation is 1. The summed E-state index contributed by atoms with van der Waals surface area (Å²) in [4.78, 5) is 19.5. The number of carbonyl (C=O) groups is 1. The molecule has 1 atom stereocenters. The van der Waals surface area contributed by atoms with Crippen molar-refractivity contribution >= 4 is 5.91 Å². The summed E-state index contributed by atoms with van der Waals surface area (Å²) in [6.07, 6.45) is 5.53. The number of piperidine rings is 1. The van der Waals surface area contributed by atoms with Crippen molar-refractivity contribution in [3.8, 4) is 0 Å². The number of nitrogens with zero attached hydrogens (tertiary/aromatic N) is 5. The van der Waals surface area contributed by atoms with Crippen LogP contribution in [0.4, 0.5) is 0 Å². The molecule has 0 unspecified atom stereocenters. The molecule has 1 amide bonds. The summed E-state index contributed by atoms with van der Waals surface area (Å²) in [6.45, 7) is 7.68. The van der Waals surface area contributed by atoms with E-state index in [1.807, 2.05) is 18.0 Å². The van der Waals surface area contributed by atoms with Crippen LogP contribution in [0.2, 0.25) is 0 Å². The Bertz CT molecular complexity index is 795. The number of likely N-dealkylation sites (tertiary alicyclic amines) is 1. The lowest BCUT2D eigenvalue weighted by molar-refractivity contribution is 0.0635. The number of amides is 1. The fourth-order valence-electron chi connectivity index (χ4n) is 4.00. The van der Waals surface area contributed by atoms with Gasteiger partial charge in [-0.2, -0.15) is 10.1 Å². The number of hydrogen-bond donors (Lipinski definition) is 0. The maximum atomic E-state index is 12.9. The van der Waals surface area contributed by atoms with Crippen molar-refractivity contribution in [2.24, 2.45) is 0 Å². The molecule has 0 N–H and O–H groups in total. The smallest absolute Gasteiger partial charge is 0.274 e. The van der Waals surface area contributed by atoms with Crippen molar-refractivity contribution in [1.29, 1.82) is 0 Å². The second kappa shape index (κ2) is 7.42. The van der Waals surface area contributed by atoms with Gasteiger partial charge in [0.1, 0.15) is 5.69 Å². The number of ether oxygens (including phenoxy) is 1. The van der Waals surface area contributed by atoms with Crippen molar-refractivity contribution in [2.45, 2.75) is 57.4 Å². The molecule has 0 aromatic carbocycles. The van der Waals surface area contributed by atoms with Gasteiger partial charge in [0.25, 0.3) is 5.91 Å². The van der Waals surface area contributed by atoms with Crippen LogP contribution >= 0.6 is 0 Å². The van der Waals surface area contributed by atoms with E-state index in [9.17, 15) is 4.79 Å². The van der Waals surface area contributed by atoms with Gasteiger partial charge >= 0.3 is 0 Å². The fourth-order valence-corrected chi connectivity index (χ4v) is 4.00. The minimum atomic E-state index is -0.297. The van der Waals surface area contributed by atoms with Crippen molar-refractivity contribution in [2.75, 3.05) is 26.3 Å². The highest BCUT2D eigenvalue weighted by Crippen LogP contribution is 2.34. The maximum absolute atomic E-state index is 12.9. The van der Waals surface area contributed by atoms with Gasteiger partial charge in [-0.3, -0.25) is 9.48 Å². The molecule has 2 aliphatic heterocycles. The molecule has 0 saturated carbocycles. The first-order chi connectivity index (χ1) is 13.1. The highest BCUT2D eigenvalue weighted by Gasteiger charge is 2.39. The SMILES string of the molecule is CCn1ccc(C(=O)N2CCC[C@](C)(c3noc(C4CCOCC4)n3)C2)n1. The van der Waals surface area contributed by atoms with Gasteiger partial charge in [-0.1, -0.05) is 12.1 Å². The molecule has 2 aromatic rings. The Labute approximate surface area is 158 Å². The van der Waals surface area contributed by atoms with Crippen molar-refractivity contribution in [1.82, 2.24) is 24.8 Å². The van der Waals surface area contributed by atoms with Crippen LogP contribution in [-0.2, 0) is 16.7 Å². The van der Waals surface area contributed by atoms with Crippen LogP contribution in [0.1, 0.15) is 67.7 Å². The molecule has 2 aliphatic rings. The molecular formula is C19H27N5O3. The van der Waals surface area contributed by atoms with E-state index in [0.717, 1.165) is 52.0 Å². The van der Waals surface area contributed by atoms with Gasteiger partial charge in [-0.05, 0) is 38.7 Å². The highest BCUT2D eigenvalue weighted by molar-refractivity contribution is 5.92. The first kappa shape index (κ1) is 18.2. The predicted octanol–water partition coefficient (Wildman–Crippen LogP) is 2.37. The van der Waals surface area contributed by atoms with E-state index in [-0.39, 0.29) is 17.2 Å². The number of carbonyl (C=O) groups excluding carboxylic acids is 1. The Balaban J connectivity index is 1.49. The minimum absolute atomic E-state index is 0.0266. The van der Waals surface area contributed by atoms with Gasteiger partial charge in [-0.25, -0.2) is 0 Å². The zero-order valence-electron chi connectivity index (χ0n) is 16.1. The first-order valence-electron chi connectivity index (χ1n) is 9.83. The summed E-state index contributed by atoms with van der Waals surface area (Å²) in [5.41, 5.74) is 0.200. The van der Waals surface area contributed by atoms with E-state index in [1.165, 1.54) is 0 Å². The molecule has 8 nitrogen and oxygen atoms in total. The number of aromatic nitrogens is 4. The molecule has 2 aromatic heterocycles. The average molecular weight is 373 g/mol. The summed E-state index contributed by atoms with van der Waals surface area (Å²) < 4.78 is 12.8. The minimum Gasteiger partial charge on any atom is -0.381 e. The molecule has 0 spiro atoms. The zero-order valence-corrected chi connectivity index (χ0v) is 16.1. The van der Waals surface area contributed by atoms with E-state index in [1.54, 1.807) is 10.7 Å². The van der Waals surface area contributed by atoms with Crippen molar-refractivity contribution < 1.29 is 14.1 Å². The lowest BCUT2D eigenvalue weighted by Gasteiger charge is -2.38. The summed E-state index contributed by atoms with van der Waals surface area (Å²) >= 11 is 0. The zero-order chi connectivity index (χ0) is 18.9. The lowest BCUT2D eigenvalue weighted by atomic mass is 9.81. The van der Waals surface area contributed by atoms with Crippen LogP contribution in [0.15, 0.2) is 16.8 Å². The third-order valence-electron chi connectivity index (χ3n) is 5.72. The molecule has 2 saturated heterocycles. The molecule has 4 rings (SSSR count). The van der Waals surface area contributed by atoms with Gasteiger partial charge in [0.2, 0.25) is 5.89 Å². The third-order valence-corrected chi connectivity index (χ3v) is 5.72. The second-order valence-electron chi connectivity index (χ2n) is 7.79. The van der Waals surface area contributed by atoms with Crippen LogP contribution in [0.25, 0.3) is 0 Å². The van der Waals surface area contributed by atoms with E-state index < -0.39 is 0 Å². The highest BCUT2D eigenvalue weighted by atomic mass is 16.5. The maximum Gasteiger partial charge on any atom is 0.274 e. The monoisotopic (exact) mass is 373 g/mol. The first-order valence-corrected chi connectivity index (χ1v) is 9.83. The predicted molar refractivity (Wildman–Crippen MR) is 97.5 cm³/mol. The number of rotatable bonds is 4. The third kappa shape index (κ3) is 3.63. The van der Waals surface area contributed by atoms with Crippen LogP contribution in [0.3, 0.4) is 0 Å². The molecular weight excluding hydrogens is 346 g/mol. The second-order valence-corrected chi connectivity index (χ2v) is 7.79. The fraction of sp³-hybridized carbons (Fsp3) is 0.684. The molecule has 0 radical (unpaired) electrons. The quantitative estimate of drug-likeness (QED) is 0.818.